The summed E-state index contributed by atoms with van der Waals surface area (Å²) in [6.45, 7) is 7.00. The van der Waals surface area contributed by atoms with Crippen LogP contribution in [0.3, 0.4) is 0 Å². The number of carbonyl (C=O) groups is 2. The van der Waals surface area contributed by atoms with Gasteiger partial charge in [0.1, 0.15) is 11.5 Å². The highest BCUT2D eigenvalue weighted by Crippen LogP contribution is 2.46. The molecule has 1 aliphatic carbocycles. The van der Waals surface area contributed by atoms with Crippen LogP contribution in [0, 0.1) is 5.92 Å². The maximum atomic E-state index is 11.9. The van der Waals surface area contributed by atoms with Gasteiger partial charge in [0.2, 0.25) is 0 Å². The Hall–Kier alpha value is -2.33. The minimum atomic E-state index is -0.517. The third-order valence-corrected chi connectivity index (χ3v) is 4.67. The molecule has 0 aromatic heterocycles. The average Bonchev–Trinajstić information content (AvgIpc) is 2.57. The van der Waals surface area contributed by atoms with Crippen molar-refractivity contribution < 1.29 is 19.1 Å². The summed E-state index contributed by atoms with van der Waals surface area (Å²) in [5.41, 5.74) is 1.83. The van der Waals surface area contributed by atoms with E-state index in [1.54, 1.807) is 18.2 Å². The number of halogens is 1. The van der Waals surface area contributed by atoms with Crippen molar-refractivity contribution >= 4 is 34.3 Å². The summed E-state index contributed by atoms with van der Waals surface area (Å²) in [5.74, 6) is 0.567. The van der Waals surface area contributed by atoms with Crippen molar-refractivity contribution in [3.05, 3.63) is 47.0 Å². The van der Waals surface area contributed by atoms with Crippen molar-refractivity contribution in [1.29, 1.82) is 0 Å². The van der Waals surface area contributed by atoms with Gasteiger partial charge in [-0.3, -0.25) is 4.79 Å². The Balaban J connectivity index is 2.36. The lowest BCUT2D eigenvalue weighted by molar-refractivity contribution is -0.132. The Bertz CT molecular complexity index is 885. The number of ether oxygens (including phenoxy) is 2. The van der Waals surface area contributed by atoms with Crippen LogP contribution in [0.2, 0.25) is 5.02 Å². The largest absolute Gasteiger partial charge is 0.426 e. The lowest BCUT2D eigenvalue weighted by Gasteiger charge is -2.27. The van der Waals surface area contributed by atoms with Crippen LogP contribution in [0.1, 0.15) is 31.4 Å². The molecule has 130 valence electrons. The zero-order chi connectivity index (χ0) is 18.1. The Morgan fingerprint density at radius 3 is 2.60 bits per heavy atom. The molecule has 0 saturated carbocycles. The van der Waals surface area contributed by atoms with Crippen LogP contribution in [0.5, 0.6) is 11.5 Å². The van der Waals surface area contributed by atoms with Crippen molar-refractivity contribution in [3.63, 3.8) is 0 Å². The standard InChI is InChI=1S/C20H19ClO4/c1-4-18(23)25-20-15-8-6-13(21)10-17(15)19(24-12(3)22)14-7-5-11(2)9-16(14)20/h4,6,8,10-11H,1,5,7,9H2,2-3H3. The zero-order valence-corrected chi connectivity index (χ0v) is 15.0. The molecule has 0 N–H and O–H groups in total. The van der Waals surface area contributed by atoms with Crippen LogP contribution in [0.25, 0.3) is 10.8 Å². The Labute approximate surface area is 151 Å². The summed E-state index contributed by atoms with van der Waals surface area (Å²) in [5, 5.41) is 1.89. The van der Waals surface area contributed by atoms with E-state index >= 15 is 0 Å². The van der Waals surface area contributed by atoms with Crippen LogP contribution < -0.4 is 9.47 Å². The lowest BCUT2D eigenvalue weighted by Crippen LogP contribution is -2.17. The molecule has 25 heavy (non-hydrogen) atoms. The van der Waals surface area contributed by atoms with E-state index in [1.165, 1.54) is 6.92 Å². The van der Waals surface area contributed by atoms with Gasteiger partial charge in [-0.05, 0) is 43.4 Å². The Kier molecular flexibility index (Phi) is 4.82. The molecule has 0 aliphatic heterocycles. The molecular weight excluding hydrogens is 340 g/mol. The second kappa shape index (κ2) is 6.89. The summed E-state index contributed by atoms with van der Waals surface area (Å²) in [6, 6.07) is 5.25. The van der Waals surface area contributed by atoms with E-state index in [2.05, 4.69) is 13.5 Å². The summed E-state index contributed by atoms with van der Waals surface area (Å²) in [7, 11) is 0. The van der Waals surface area contributed by atoms with Gasteiger partial charge in [-0.25, -0.2) is 4.79 Å². The number of hydrogen-bond acceptors (Lipinski definition) is 4. The van der Waals surface area contributed by atoms with Crippen molar-refractivity contribution in [1.82, 2.24) is 0 Å². The van der Waals surface area contributed by atoms with Gasteiger partial charge in [-0.1, -0.05) is 25.1 Å². The van der Waals surface area contributed by atoms with E-state index in [0.717, 1.165) is 36.5 Å². The van der Waals surface area contributed by atoms with E-state index < -0.39 is 11.9 Å². The molecule has 1 unspecified atom stereocenters. The van der Waals surface area contributed by atoms with Gasteiger partial charge in [0.25, 0.3) is 0 Å². The zero-order valence-electron chi connectivity index (χ0n) is 14.2. The van der Waals surface area contributed by atoms with E-state index in [-0.39, 0.29) is 0 Å². The molecular formula is C20H19ClO4. The summed E-state index contributed by atoms with van der Waals surface area (Å²) < 4.78 is 11.1. The molecule has 3 rings (SSSR count). The van der Waals surface area contributed by atoms with Gasteiger partial charge < -0.3 is 9.47 Å². The normalized spacial score (nSPS) is 16.2. The fourth-order valence-corrected chi connectivity index (χ4v) is 3.51. The number of carbonyl (C=O) groups excluding carboxylic acids is 2. The SMILES string of the molecule is C=CC(=O)Oc1c2c(c(OC(C)=O)c3cc(Cl)ccc13)CCC(C)C2. The van der Waals surface area contributed by atoms with Crippen molar-refractivity contribution in [2.45, 2.75) is 33.1 Å². The highest BCUT2D eigenvalue weighted by Gasteiger charge is 2.28. The topological polar surface area (TPSA) is 52.6 Å². The molecule has 0 fully saturated rings. The molecule has 4 nitrogen and oxygen atoms in total. The summed E-state index contributed by atoms with van der Waals surface area (Å²) >= 11 is 6.15. The first kappa shape index (κ1) is 17.5. The maximum Gasteiger partial charge on any atom is 0.335 e. The van der Waals surface area contributed by atoms with Crippen LogP contribution in [0.4, 0.5) is 0 Å². The van der Waals surface area contributed by atoms with E-state index in [1.807, 2.05) is 0 Å². The third kappa shape index (κ3) is 3.40. The quantitative estimate of drug-likeness (QED) is 0.456. The lowest BCUT2D eigenvalue weighted by atomic mass is 9.82. The van der Waals surface area contributed by atoms with Gasteiger partial charge >= 0.3 is 11.9 Å². The Morgan fingerprint density at radius 1 is 1.20 bits per heavy atom. The molecule has 0 spiro atoms. The second-order valence-corrected chi connectivity index (χ2v) is 6.81. The highest BCUT2D eigenvalue weighted by molar-refractivity contribution is 6.31. The minimum absolute atomic E-state index is 0.391. The first-order chi connectivity index (χ1) is 11.9. The van der Waals surface area contributed by atoms with Gasteiger partial charge in [0.05, 0.1) is 0 Å². The molecule has 0 bridgehead atoms. The fraction of sp³-hybridized carbons (Fsp3) is 0.300. The third-order valence-electron chi connectivity index (χ3n) is 4.44. The molecule has 1 aliphatic rings. The molecule has 2 aromatic rings. The Morgan fingerprint density at radius 2 is 1.92 bits per heavy atom. The molecule has 0 amide bonds. The predicted molar refractivity (Wildman–Crippen MR) is 97.3 cm³/mol. The van der Waals surface area contributed by atoms with Crippen LogP contribution in [0.15, 0.2) is 30.9 Å². The first-order valence-electron chi connectivity index (χ1n) is 8.20. The highest BCUT2D eigenvalue weighted by atomic mass is 35.5. The number of hydrogen-bond donors (Lipinski definition) is 0. The van der Waals surface area contributed by atoms with Crippen molar-refractivity contribution in [2.75, 3.05) is 0 Å². The van der Waals surface area contributed by atoms with E-state index in [0.29, 0.717) is 33.2 Å². The molecule has 0 radical (unpaired) electrons. The van der Waals surface area contributed by atoms with Crippen LogP contribution in [-0.2, 0) is 22.4 Å². The number of rotatable bonds is 3. The van der Waals surface area contributed by atoms with Gasteiger partial charge in [-0.15, -0.1) is 0 Å². The number of benzene rings is 2. The first-order valence-corrected chi connectivity index (χ1v) is 8.58. The van der Waals surface area contributed by atoms with Gasteiger partial charge in [0, 0.05) is 39.9 Å². The average molecular weight is 359 g/mol. The van der Waals surface area contributed by atoms with Crippen LogP contribution in [-0.4, -0.2) is 11.9 Å². The minimum Gasteiger partial charge on any atom is -0.426 e. The molecule has 0 heterocycles. The molecule has 0 saturated heterocycles. The van der Waals surface area contributed by atoms with E-state index in [9.17, 15) is 9.59 Å². The molecule has 5 heteroatoms. The smallest absolute Gasteiger partial charge is 0.335 e. The van der Waals surface area contributed by atoms with Gasteiger partial charge in [0.15, 0.2) is 0 Å². The predicted octanol–water partition coefficient (Wildman–Crippen LogP) is 4.63. The monoisotopic (exact) mass is 358 g/mol. The molecule has 2 aromatic carbocycles. The maximum absolute atomic E-state index is 11.9. The second-order valence-electron chi connectivity index (χ2n) is 6.37. The van der Waals surface area contributed by atoms with Crippen LogP contribution >= 0.6 is 11.6 Å². The summed E-state index contributed by atoms with van der Waals surface area (Å²) in [6.07, 6.45) is 3.62. The molecule has 1 atom stereocenters. The summed E-state index contributed by atoms with van der Waals surface area (Å²) in [4.78, 5) is 23.5. The van der Waals surface area contributed by atoms with E-state index in [4.69, 9.17) is 21.1 Å². The van der Waals surface area contributed by atoms with Crippen molar-refractivity contribution in [3.8, 4) is 11.5 Å². The number of esters is 2. The number of fused-ring (bicyclic) bond motifs is 2. The fourth-order valence-electron chi connectivity index (χ4n) is 3.34. The van der Waals surface area contributed by atoms with Gasteiger partial charge in [-0.2, -0.15) is 0 Å². The van der Waals surface area contributed by atoms with Crippen molar-refractivity contribution in [2.24, 2.45) is 5.92 Å².